The van der Waals surface area contributed by atoms with Crippen molar-refractivity contribution >= 4 is 6.41 Å². The van der Waals surface area contributed by atoms with Gasteiger partial charge in [-0.2, -0.15) is 0 Å². The maximum absolute atomic E-state index is 10.7. The molecule has 0 radical (unpaired) electrons. The van der Waals surface area contributed by atoms with Gasteiger partial charge in [0.05, 0.1) is 0 Å². The molecule has 0 aromatic carbocycles. The molecule has 2 aliphatic rings. The second-order valence-corrected chi connectivity index (χ2v) is 7.42. The molecule has 0 spiro atoms. The number of amides is 1. The van der Waals surface area contributed by atoms with Crippen LogP contribution in [0.3, 0.4) is 0 Å². The molecular weight excluding hydrogens is 236 g/mol. The Morgan fingerprint density at radius 1 is 0.947 bits per heavy atom. The molecule has 19 heavy (non-hydrogen) atoms. The lowest BCUT2D eigenvalue weighted by Crippen LogP contribution is -2.46. The van der Waals surface area contributed by atoms with E-state index in [4.69, 9.17) is 0 Å². The van der Waals surface area contributed by atoms with Gasteiger partial charge in [-0.1, -0.05) is 0 Å². The predicted octanol–water partition coefficient (Wildman–Crippen LogP) is 2.76. The van der Waals surface area contributed by atoms with Gasteiger partial charge in [0.15, 0.2) is 0 Å². The zero-order valence-electron chi connectivity index (χ0n) is 12.9. The summed E-state index contributed by atoms with van der Waals surface area (Å²) in [5.74, 6) is 1.79. The Bertz CT molecular complexity index is 282. The molecule has 2 saturated heterocycles. The number of carbonyl (C=O) groups excluding carboxylic acids is 1. The summed E-state index contributed by atoms with van der Waals surface area (Å²) in [5, 5.41) is 0. The number of carbonyl (C=O) groups is 1. The lowest BCUT2D eigenvalue weighted by Gasteiger charge is -2.42. The third-order valence-electron chi connectivity index (χ3n) is 5.03. The summed E-state index contributed by atoms with van der Waals surface area (Å²) >= 11 is 0. The van der Waals surface area contributed by atoms with Crippen LogP contribution in [0.4, 0.5) is 0 Å². The van der Waals surface area contributed by atoms with Gasteiger partial charge in [0, 0.05) is 18.6 Å². The summed E-state index contributed by atoms with van der Waals surface area (Å²) in [6.45, 7) is 11.5. The first-order valence-electron chi connectivity index (χ1n) is 7.93. The van der Waals surface area contributed by atoms with Crippen molar-refractivity contribution in [2.24, 2.45) is 11.8 Å². The van der Waals surface area contributed by atoms with Crippen LogP contribution in [-0.4, -0.2) is 47.9 Å². The highest BCUT2D eigenvalue weighted by atomic mass is 16.1. The lowest BCUT2D eigenvalue weighted by atomic mass is 9.82. The minimum absolute atomic E-state index is 0.334. The Hall–Kier alpha value is -0.570. The van der Waals surface area contributed by atoms with E-state index in [-0.39, 0.29) is 0 Å². The Labute approximate surface area is 118 Å². The van der Waals surface area contributed by atoms with Crippen LogP contribution in [0.2, 0.25) is 0 Å². The quantitative estimate of drug-likeness (QED) is 0.733. The van der Waals surface area contributed by atoms with Crippen LogP contribution < -0.4 is 0 Å². The van der Waals surface area contributed by atoms with Crippen molar-refractivity contribution in [1.29, 1.82) is 0 Å². The van der Waals surface area contributed by atoms with E-state index >= 15 is 0 Å². The molecule has 0 saturated carbocycles. The number of piperidine rings is 2. The summed E-state index contributed by atoms with van der Waals surface area (Å²) in [6.07, 6.45) is 7.58. The van der Waals surface area contributed by atoms with Crippen LogP contribution in [0.5, 0.6) is 0 Å². The van der Waals surface area contributed by atoms with Crippen molar-refractivity contribution in [2.75, 3.05) is 26.2 Å². The molecule has 0 aliphatic carbocycles. The van der Waals surface area contributed by atoms with E-state index in [1.165, 1.54) is 45.2 Å². The molecule has 0 N–H and O–H groups in total. The third-order valence-corrected chi connectivity index (χ3v) is 5.03. The van der Waals surface area contributed by atoms with E-state index < -0.39 is 0 Å². The van der Waals surface area contributed by atoms with E-state index in [1.54, 1.807) is 0 Å². The van der Waals surface area contributed by atoms with Gasteiger partial charge in [0.2, 0.25) is 6.41 Å². The molecule has 3 heteroatoms. The molecule has 2 heterocycles. The maximum Gasteiger partial charge on any atom is 0.209 e. The number of hydrogen-bond acceptors (Lipinski definition) is 2. The van der Waals surface area contributed by atoms with Crippen LogP contribution >= 0.6 is 0 Å². The Morgan fingerprint density at radius 3 is 1.84 bits per heavy atom. The van der Waals surface area contributed by atoms with Crippen molar-refractivity contribution in [3.63, 3.8) is 0 Å². The normalized spacial score (nSPS) is 24.7. The fraction of sp³-hybridized carbons (Fsp3) is 0.938. The van der Waals surface area contributed by atoms with Gasteiger partial charge < -0.3 is 4.90 Å². The SMILES string of the molecule is CC(C)(C)N1CCC(CC2CCN(C=O)CC2)CC1. The summed E-state index contributed by atoms with van der Waals surface area (Å²) in [6, 6.07) is 0. The Balaban J connectivity index is 1.70. The lowest BCUT2D eigenvalue weighted by molar-refractivity contribution is -0.119. The van der Waals surface area contributed by atoms with Gasteiger partial charge in [-0.25, -0.2) is 0 Å². The molecular formula is C16H30N2O. The first kappa shape index (κ1) is 14.8. The van der Waals surface area contributed by atoms with Gasteiger partial charge >= 0.3 is 0 Å². The molecule has 0 atom stereocenters. The summed E-state index contributed by atoms with van der Waals surface area (Å²) in [4.78, 5) is 15.3. The van der Waals surface area contributed by atoms with Gasteiger partial charge in [-0.3, -0.25) is 9.69 Å². The first-order chi connectivity index (χ1) is 8.99. The molecule has 0 aromatic rings. The fourth-order valence-corrected chi connectivity index (χ4v) is 3.60. The monoisotopic (exact) mass is 266 g/mol. The van der Waals surface area contributed by atoms with Gasteiger partial charge in [-0.05, 0) is 77.8 Å². The number of nitrogens with zero attached hydrogens (tertiary/aromatic N) is 2. The molecule has 2 aliphatic heterocycles. The van der Waals surface area contributed by atoms with Gasteiger partial charge in [-0.15, -0.1) is 0 Å². The molecule has 0 unspecified atom stereocenters. The van der Waals surface area contributed by atoms with Crippen LogP contribution in [0.15, 0.2) is 0 Å². The average molecular weight is 266 g/mol. The molecule has 110 valence electrons. The molecule has 3 nitrogen and oxygen atoms in total. The number of rotatable bonds is 3. The van der Waals surface area contributed by atoms with Crippen LogP contribution in [0, 0.1) is 11.8 Å². The largest absolute Gasteiger partial charge is 0.345 e. The maximum atomic E-state index is 10.7. The number of likely N-dealkylation sites (tertiary alicyclic amines) is 2. The Kier molecular flexibility index (Phi) is 4.88. The average Bonchev–Trinajstić information content (AvgIpc) is 2.39. The zero-order valence-corrected chi connectivity index (χ0v) is 12.9. The van der Waals surface area contributed by atoms with E-state index in [0.717, 1.165) is 31.3 Å². The van der Waals surface area contributed by atoms with Crippen LogP contribution in [0.25, 0.3) is 0 Å². The third kappa shape index (κ3) is 4.20. The minimum atomic E-state index is 0.334. The highest BCUT2D eigenvalue weighted by molar-refractivity contribution is 5.47. The molecule has 1 amide bonds. The van der Waals surface area contributed by atoms with E-state index in [0.29, 0.717) is 5.54 Å². The Morgan fingerprint density at radius 2 is 1.42 bits per heavy atom. The minimum Gasteiger partial charge on any atom is -0.345 e. The summed E-state index contributed by atoms with van der Waals surface area (Å²) in [7, 11) is 0. The van der Waals surface area contributed by atoms with Gasteiger partial charge in [0.1, 0.15) is 0 Å². The second kappa shape index (κ2) is 6.25. The second-order valence-electron chi connectivity index (χ2n) is 7.42. The molecule has 0 aromatic heterocycles. The van der Waals surface area contributed by atoms with Crippen molar-refractivity contribution in [3.05, 3.63) is 0 Å². The van der Waals surface area contributed by atoms with Crippen molar-refractivity contribution < 1.29 is 4.79 Å². The van der Waals surface area contributed by atoms with Crippen LogP contribution in [0.1, 0.15) is 52.9 Å². The van der Waals surface area contributed by atoms with Crippen molar-refractivity contribution in [1.82, 2.24) is 9.80 Å². The van der Waals surface area contributed by atoms with E-state index in [9.17, 15) is 4.79 Å². The standard InChI is InChI=1S/C16H30N2O/c1-16(2,3)18-10-6-15(7-11-18)12-14-4-8-17(13-19)9-5-14/h13-15H,4-12H2,1-3H3. The first-order valence-corrected chi connectivity index (χ1v) is 7.93. The van der Waals surface area contributed by atoms with Crippen molar-refractivity contribution in [2.45, 2.75) is 58.4 Å². The topological polar surface area (TPSA) is 23.6 Å². The van der Waals surface area contributed by atoms with Gasteiger partial charge in [0.25, 0.3) is 0 Å². The molecule has 0 bridgehead atoms. The molecule has 2 rings (SSSR count). The zero-order chi connectivity index (χ0) is 13.9. The number of hydrogen-bond donors (Lipinski definition) is 0. The summed E-state index contributed by atoms with van der Waals surface area (Å²) in [5.41, 5.74) is 0.334. The van der Waals surface area contributed by atoms with E-state index in [2.05, 4.69) is 25.7 Å². The van der Waals surface area contributed by atoms with Crippen LogP contribution in [-0.2, 0) is 4.79 Å². The van der Waals surface area contributed by atoms with Crippen molar-refractivity contribution in [3.8, 4) is 0 Å². The highest BCUT2D eigenvalue weighted by Gasteiger charge is 2.29. The smallest absolute Gasteiger partial charge is 0.209 e. The highest BCUT2D eigenvalue weighted by Crippen LogP contribution is 2.31. The molecule has 2 fully saturated rings. The fourth-order valence-electron chi connectivity index (χ4n) is 3.60. The summed E-state index contributed by atoms with van der Waals surface area (Å²) < 4.78 is 0. The predicted molar refractivity (Wildman–Crippen MR) is 79.0 cm³/mol. The van der Waals surface area contributed by atoms with E-state index in [1.807, 2.05) is 4.90 Å².